The molecule has 0 saturated carbocycles. The highest BCUT2D eigenvalue weighted by Crippen LogP contribution is 2.38. The zero-order valence-electron chi connectivity index (χ0n) is 26.0. The third kappa shape index (κ3) is 9.38. The van der Waals surface area contributed by atoms with Gasteiger partial charge in [0.1, 0.15) is 0 Å². The third-order valence-electron chi connectivity index (χ3n) is 7.99. The Bertz CT molecular complexity index is 1560. The van der Waals surface area contributed by atoms with E-state index in [-0.39, 0.29) is 43.2 Å². The monoisotopic (exact) mass is 666 g/mol. The van der Waals surface area contributed by atoms with Crippen LogP contribution in [0.5, 0.6) is 0 Å². The number of benzene rings is 2. The number of carbonyl (C=O) groups excluding carboxylic acids is 1. The van der Waals surface area contributed by atoms with Crippen LogP contribution < -0.4 is 5.32 Å². The molecule has 45 heavy (non-hydrogen) atoms. The molecule has 7 nitrogen and oxygen atoms in total. The lowest BCUT2D eigenvalue weighted by atomic mass is 9.88. The smallest absolute Gasteiger partial charge is 0.416 e. The molecule has 2 N–H and O–H groups in total. The molecule has 246 valence electrons. The highest BCUT2D eigenvalue weighted by Gasteiger charge is 2.34. The van der Waals surface area contributed by atoms with E-state index in [0.717, 1.165) is 34.5 Å². The Hall–Kier alpha value is -2.77. The predicted molar refractivity (Wildman–Crippen MR) is 170 cm³/mol. The molecule has 0 amide bonds. The maximum absolute atomic E-state index is 13.9. The number of halogens is 3. The fraction of sp³-hybridized carbons (Fsp3) is 0.485. The van der Waals surface area contributed by atoms with E-state index in [2.05, 4.69) is 17.4 Å². The molecular weight excluding hydrogens is 626 g/mol. The van der Waals surface area contributed by atoms with E-state index in [1.165, 1.54) is 35.6 Å². The molecule has 3 aromatic rings. The van der Waals surface area contributed by atoms with Crippen LogP contribution in [0, 0.1) is 5.92 Å². The first-order chi connectivity index (χ1) is 21.1. The third-order valence-corrected chi connectivity index (χ3v) is 11.0. The van der Waals surface area contributed by atoms with Crippen LogP contribution in [0.25, 0.3) is 10.4 Å². The Kier molecular flexibility index (Phi) is 11.2. The van der Waals surface area contributed by atoms with E-state index in [0.29, 0.717) is 23.3 Å². The van der Waals surface area contributed by atoms with Crippen molar-refractivity contribution in [2.45, 2.75) is 75.6 Å². The van der Waals surface area contributed by atoms with Crippen LogP contribution in [0.3, 0.4) is 0 Å². The molecule has 1 aliphatic rings. The minimum absolute atomic E-state index is 0.0993. The number of ether oxygens (including phenoxy) is 1. The Morgan fingerprint density at radius 1 is 1.11 bits per heavy atom. The van der Waals surface area contributed by atoms with Gasteiger partial charge in [0.25, 0.3) is 0 Å². The van der Waals surface area contributed by atoms with Crippen molar-refractivity contribution in [3.05, 3.63) is 76.2 Å². The van der Waals surface area contributed by atoms with Crippen LogP contribution >= 0.6 is 11.3 Å². The van der Waals surface area contributed by atoms with Crippen molar-refractivity contribution in [2.24, 2.45) is 5.92 Å². The molecular formula is C33H41F3N2O5S2. The first-order valence-electron chi connectivity index (χ1n) is 15.0. The van der Waals surface area contributed by atoms with E-state index in [9.17, 15) is 31.5 Å². The first kappa shape index (κ1) is 35.1. The Labute approximate surface area is 267 Å². The van der Waals surface area contributed by atoms with Gasteiger partial charge in [-0.05, 0) is 99.4 Å². The number of rotatable bonds is 14. The fourth-order valence-corrected chi connectivity index (χ4v) is 8.08. The molecule has 1 aromatic heterocycles. The van der Waals surface area contributed by atoms with Gasteiger partial charge < -0.3 is 15.2 Å². The first-order valence-corrected chi connectivity index (χ1v) is 17.3. The maximum atomic E-state index is 13.9. The summed E-state index contributed by atoms with van der Waals surface area (Å²) in [6.07, 6.45) is -2.54. The molecule has 1 heterocycles. The number of hydrogen-bond acceptors (Lipinski definition) is 7. The van der Waals surface area contributed by atoms with Crippen molar-refractivity contribution in [1.82, 2.24) is 9.62 Å². The van der Waals surface area contributed by atoms with Gasteiger partial charge in [-0.3, -0.25) is 4.79 Å². The molecule has 12 heteroatoms. The van der Waals surface area contributed by atoms with Crippen molar-refractivity contribution < 1.29 is 36.2 Å². The van der Waals surface area contributed by atoms with Gasteiger partial charge in [0.15, 0.2) is 0 Å². The number of aliphatic hydroxyl groups excluding tert-OH is 1. The summed E-state index contributed by atoms with van der Waals surface area (Å²) >= 11 is 1.19. The van der Waals surface area contributed by atoms with Crippen molar-refractivity contribution in [3.63, 3.8) is 0 Å². The average molecular weight is 667 g/mol. The van der Waals surface area contributed by atoms with Gasteiger partial charge in [-0.2, -0.15) is 17.5 Å². The summed E-state index contributed by atoms with van der Waals surface area (Å²) in [7, 11) is -3.13. The standard InChI is InChI=1S/C33H41F3N2O5S2/c1-5-43-31(40)13-11-28-10-12-30(44-28)25-16-26(33(34,35)36)18-29(17-25)45(41,42)38(4)21-27(39)20-37-32(2,3)19-22-14-23-8-6-7-9-24(23)15-22/h6-10,12,16-18,22,27,37,39H,5,11,13-15,19-21H2,1-4H3/t27-/m1/s1. The second-order valence-electron chi connectivity index (χ2n) is 12.3. The Morgan fingerprint density at radius 3 is 2.40 bits per heavy atom. The molecule has 4 rings (SSSR count). The van der Waals surface area contributed by atoms with Crippen molar-refractivity contribution >= 4 is 27.3 Å². The van der Waals surface area contributed by atoms with E-state index in [1.54, 1.807) is 19.1 Å². The van der Waals surface area contributed by atoms with E-state index in [1.807, 2.05) is 26.0 Å². The molecule has 0 fully saturated rings. The fourth-order valence-electron chi connectivity index (χ4n) is 5.80. The number of aryl methyl sites for hydroxylation is 1. The molecule has 0 saturated heterocycles. The molecule has 0 aliphatic heterocycles. The molecule has 1 aliphatic carbocycles. The van der Waals surface area contributed by atoms with Gasteiger partial charge in [0.2, 0.25) is 10.0 Å². The lowest BCUT2D eigenvalue weighted by molar-refractivity contribution is -0.143. The van der Waals surface area contributed by atoms with Gasteiger partial charge in [-0.1, -0.05) is 24.3 Å². The van der Waals surface area contributed by atoms with Crippen LogP contribution in [0.2, 0.25) is 0 Å². The summed E-state index contributed by atoms with van der Waals surface area (Å²) in [5, 5.41) is 14.1. The number of aliphatic hydroxyl groups is 1. The molecule has 0 bridgehead atoms. The van der Waals surface area contributed by atoms with Crippen LogP contribution in [-0.4, -0.2) is 62.2 Å². The molecule has 0 radical (unpaired) electrons. The number of carbonyl (C=O) groups is 1. The summed E-state index contributed by atoms with van der Waals surface area (Å²) in [4.78, 5) is 12.4. The number of β-amino-alcohol motifs (C(OH)–C–C–N with tert-alkyl or cyclic N) is 1. The minimum Gasteiger partial charge on any atom is -0.466 e. The number of esters is 1. The zero-order chi connectivity index (χ0) is 33.0. The van der Waals surface area contributed by atoms with Crippen LogP contribution in [0.15, 0.2) is 59.5 Å². The summed E-state index contributed by atoms with van der Waals surface area (Å²) in [6, 6.07) is 14.5. The van der Waals surface area contributed by atoms with Crippen LogP contribution in [0.1, 0.15) is 55.2 Å². The largest absolute Gasteiger partial charge is 0.466 e. The van der Waals surface area contributed by atoms with Gasteiger partial charge in [-0.25, -0.2) is 8.42 Å². The number of alkyl halides is 3. The molecule has 2 aromatic carbocycles. The van der Waals surface area contributed by atoms with Gasteiger partial charge in [0.05, 0.1) is 29.6 Å². The van der Waals surface area contributed by atoms with E-state index >= 15 is 0 Å². The predicted octanol–water partition coefficient (Wildman–Crippen LogP) is 6.08. The SMILES string of the molecule is CCOC(=O)CCc1ccc(-c2cc(C(F)(F)F)cc(S(=O)(=O)N(C)C[C@H](O)CNC(C)(C)CC3Cc4ccccc4C3)c2)s1. The van der Waals surface area contributed by atoms with Crippen molar-refractivity contribution in [3.8, 4) is 10.4 Å². The maximum Gasteiger partial charge on any atom is 0.416 e. The van der Waals surface area contributed by atoms with Gasteiger partial charge in [-0.15, -0.1) is 11.3 Å². The Morgan fingerprint density at radius 2 is 1.78 bits per heavy atom. The number of fused-ring (bicyclic) bond motifs is 1. The van der Waals surface area contributed by atoms with Crippen molar-refractivity contribution in [2.75, 3.05) is 26.7 Å². The minimum atomic E-state index is -4.78. The second kappa shape index (κ2) is 14.3. The van der Waals surface area contributed by atoms with Gasteiger partial charge in [0, 0.05) is 35.4 Å². The van der Waals surface area contributed by atoms with Crippen LogP contribution in [0.4, 0.5) is 13.2 Å². The van der Waals surface area contributed by atoms with Crippen LogP contribution in [-0.2, 0) is 45.0 Å². The van der Waals surface area contributed by atoms with Gasteiger partial charge >= 0.3 is 12.1 Å². The number of likely N-dealkylation sites (N-methyl/N-ethyl adjacent to an activating group) is 1. The lowest BCUT2D eigenvalue weighted by Gasteiger charge is -2.31. The number of hydrogen-bond donors (Lipinski definition) is 2. The number of thiophene rings is 1. The summed E-state index contributed by atoms with van der Waals surface area (Å²) in [6.45, 7) is 5.85. The zero-order valence-corrected chi connectivity index (χ0v) is 27.6. The summed E-state index contributed by atoms with van der Waals surface area (Å²) in [5.41, 5.74) is 1.40. The second-order valence-corrected chi connectivity index (χ2v) is 15.5. The molecule has 0 unspecified atom stereocenters. The highest BCUT2D eigenvalue weighted by molar-refractivity contribution is 7.89. The Balaban J connectivity index is 1.42. The summed E-state index contributed by atoms with van der Waals surface area (Å²) < 4.78 is 74.4. The average Bonchev–Trinajstić information content (AvgIpc) is 3.61. The van der Waals surface area contributed by atoms with Crippen molar-refractivity contribution in [1.29, 1.82) is 0 Å². The number of nitrogens with one attached hydrogen (secondary N) is 1. The normalized spacial score (nSPS) is 15.0. The topological polar surface area (TPSA) is 95.9 Å². The lowest BCUT2D eigenvalue weighted by Crippen LogP contribution is -2.47. The summed E-state index contributed by atoms with van der Waals surface area (Å²) in [5.74, 6) is 0.0841. The molecule has 1 atom stereocenters. The number of nitrogens with zero attached hydrogens (tertiary/aromatic N) is 1. The highest BCUT2D eigenvalue weighted by atomic mass is 32.2. The van der Waals surface area contributed by atoms with E-state index < -0.39 is 32.8 Å². The number of sulfonamides is 1. The van der Waals surface area contributed by atoms with E-state index in [4.69, 9.17) is 4.74 Å². The quantitative estimate of drug-likeness (QED) is 0.203. The molecule has 0 spiro atoms.